The van der Waals surface area contributed by atoms with Gasteiger partial charge in [0.25, 0.3) is 0 Å². The van der Waals surface area contributed by atoms with Crippen LogP contribution in [0.25, 0.3) is 0 Å². The number of aromatic nitrogens is 4. The maximum absolute atomic E-state index is 4.62. The summed E-state index contributed by atoms with van der Waals surface area (Å²) in [7, 11) is 3.83. The van der Waals surface area contributed by atoms with E-state index >= 15 is 0 Å². The fourth-order valence-corrected chi connectivity index (χ4v) is 2.24. The first-order valence-electron chi connectivity index (χ1n) is 7.40. The zero-order valence-electron chi connectivity index (χ0n) is 13.3. The van der Waals surface area contributed by atoms with Crippen molar-refractivity contribution in [1.82, 2.24) is 19.7 Å². The highest BCUT2D eigenvalue weighted by Gasteiger charge is 2.09. The molecule has 0 amide bonds. The molecular weight excluding hydrogens is 264 g/mol. The number of anilines is 2. The Labute approximate surface area is 126 Å². The van der Waals surface area contributed by atoms with Gasteiger partial charge in [-0.25, -0.2) is 9.97 Å². The van der Waals surface area contributed by atoms with Gasteiger partial charge in [-0.3, -0.25) is 4.68 Å². The number of nitrogens with zero attached hydrogens (tertiary/aromatic N) is 4. The van der Waals surface area contributed by atoms with Crippen LogP contribution in [0.5, 0.6) is 0 Å². The second kappa shape index (κ2) is 7.06. The topological polar surface area (TPSA) is 67.7 Å². The van der Waals surface area contributed by atoms with Crippen molar-refractivity contribution >= 4 is 11.6 Å². The maximum atomic E-state index is 4.62. The lowest BCUT2D eigenvalue weighted by Gasteiger charge is -2.13. The van der Waals surface area contributed by atoms with Crippen LogP contribution in [0.15, 0.2) is 12.4 Å². The van der Waals surface area contributed by atoms with Gasteiger partial charge in [-0.2, -0.15) is 5.10 Å². The molecule has 0 atom stereocenters. The highest BCUT2D eigenvalue weighted by molar-refractivity contribution is 5.57. The molecule has 0 bridgehead atoms. The maximum Gasteiger partial charge on any atom is 0.134 e. The van der Waals surface area contributed by atoms with Gasteiger partial charge in [0, 0.05) is 38.8 Å². The molecule has 2 heterocycles. The quantitative estimate of drug-likeness (QED) is 0.817. The minimum absolute atomic E-state index is 0.832. The Hall–Kier alpha value is -2.11. The van der Waals surface area contributed by atoms with Gasteiger partial charge in [-0.05, 0) is 25.3 Å². The second-order valence-electron chi connectivity index (χ2n) is 5.16. The third-order valence-electron chi connectivity index (χ3n) is 3.37. The molecule has 2 aromatic heterocycles. The van der Waals surface area contributed by atoms with E-state index in [1.807, 2.05) is 38.1 Å². The normalized spacial score (nSPS) is 10.7. The molecule has 2 N–H and O–H groups in total. The van der Waals surface area contributed by atoms with E-state index in [9.17, 15) is 0 Å². The minimum Gasteiger partial charge on any atom is -0.373 e. The predicted octanol–water partition coefficient (Wildman–Crippen LogP) is 2.17. The zero-order valence-corrected chi connectivity index (χ0v) is 13.3. The van der Waals surface area contributed by atoms with Crippen molar-refractivity contribution < 1.29 is 0 Å². The highest BCUT2D eigenvalue weighted by atomic mass is 15.2. The van der Waals surface area contributed by atoms with Gasteiger partial charge >= 0.3 is 0 Å². The highest BCUT2D eigenvalue weighted by Crippen LogP contribution is 2.20. The van der Waals surface area contributed by atoms with Gasteiger partial charge < -0.3 is 10.6 Å². The number of nitrogens with one attached hydrogen (secondary N) is 2. The van der Waals surface area contributed by atoms with Gasteiger partial charge in [0.1, 0.15) is 17.5 Å². The van der Waals surface area contributed by atoms with Crippen LogP contribution in [0.4, 0.5) is 11.6 Å². The molecule has 0 saturated heterocycles. The first-order chi connectivity index (χ1) is 10.1. The van der Waals surface area contributed by atoms with Crippen molar-refractivity contribution in [3.63, 3.8) is 0 Å². The third-order valence-corrected chi connectivity index (χ3v) is 3.37. The van der Waals surface area contributed by atoms with Gasteiger partial charge in [0.15, 0.2) is 0 Å². The molecule has 0 aliphatic carbocycles. The summed E-state index contributed by atoms with van der Waals surface area (Å²) in [6.07, 6.45) is 6.80. The molecule has 0 aromatic carbocycles. The van der Waals surface area contributed by atoms with E-state index in [-0.39, 0.29) is 0 Å². The van der Waals surface area contributed by atoms with Crippen LogP contribution in [0.3, 0.4) is 0 Å². The number of rotatable bonds is 7. The van der Waals surface area contributed by atoms with E-state index in [1.165, 1.54) is 5.56 Å². The smallest absolute Gasteiger partial charge is 0.134 e. The fraction of sp³-hybridized carbons (Fsp3) is 0.533. The van der Waals surface area contributed by atoms with Gasteiger partial charge in [0.2, 0.25) is 0 Å². The summed E-state index contributed by atoms with van der Waals surface area (Å²) >= 11 is 0. The minimum atomic E-state index is 0.832. The Morgan fingerprint density at radius 3 is 2.57 bits per heavy atom. The lowest BCUT2D eigenvalue weighted by atomic mass is 10.2. The van der Waals surface area contributed by atoms with Crippen LogP contribution >= 0.6 is 0 Å². The Balaban J connectivity index is 2.05. The predicted molar refractivity (Wildman–Crippen MR) is 85.7 cm³/mol. The third kappa shape index (κ3) is 3.93. The molecule has 0 radical (unpaired) electrons. The van der Waals surface area contributed by atoms with E-state index < -0.39 is 0 Å². The Morgan fingerprint density at radius 2 is 1.95 bits per heavy atom. The molecule has 114 valence electrons. The summed E-state index contributed by atoms with van der Waals surface area (Å²) in [6.45, 7) is 5.00. The molecule has 0 fully saturated rings. The first kappa shape index (κ1) is 15.3. The van der Waals surface area contributed by atoms with Crippen LogP contribution < -0.4 is 10.6 Å². The SMILES string of the molecule is CCCc1nc(NC)c(C)c(NCCc2cnn(C)c2)n1. The zero-order chi connectivity index (χ0) is 15.2. The lowest BCUT2D eigenvalue weighted by molar-refractivity contribution is 0.766. The van der Waals surface area contributed by atoms with Crippen molar-refractivity contribution in [1.29, 1.82) is 0 Å². The van der Waals surface area contributed by atoms with Crippen LogP contribution in [-0.4, -0.2) is 33.3 Å². The van der Waals surface area contributed by atoms with Crippen LogP contribution in [0, 0.1) is 6.92 Å². The summed E-state index contributed by atoms with van der Waals surface area (Å²) in [5.74, 6) is 2.70. The first-order valence-corrected chi connectivity index (χ1v) is 7.40. The standard InChI is InChI=1S/C15H24N6/c1-5-6-13-19-14(16-3)11(2)15(20-13)17-8-7-12-9-18-21(4)10-12/h9-10H,5-8H2,1-4H3,(H2,16,17,19,20). The van der Waals surface area contributed by atoms with E-state index in [1.54, 1.807) is 0 Å². The largest absolute Gasteiger partial charge is 0.373 e. The average molecular weight is 288 g/mol. The Bertz CT molecular complexity index is 590. The Morgan fingerprint density at radius 1 is 1.19 bits per heavy atom. The summed E-state index contributed by atoms with van der Waals surface area (Å²) in [5.41, 5.74) is 2.28. The molecule has 2 rings (SSSR count). The van der Waals surface area contributed by atoms with E-state index in [0.29, 0.717) is 0 Å². The van der Waals surface area contributed by atoms with Gasteiger partial charge in [-0.15, -0.1) is 0 Å². The molecule has 6 heteroatoms. The van der Waals surface area contributed by atoms with Crippen molar-refractivity contribution in [2.75, 3.05) is 24.2 Å². The number of aryl methyl sites for hydroxylation is 2. The Kier molecular flexibility index (Phi) is 5.14. The van der Waals surface area contributed by atoms with Crippen LogP contribution in [0.2, 0.25) is 0 Å². The van der Waals surface area contributed by atoms with E-state index in [2.05, 4.69) is 32.6 Å². The van der Waals surface area contributed by atoms with Crippen molar-refractivity contribution in [2.24, 2.45) is 7.05 Å². The monoisotopic (exact) mass is 288 g/mol. The molecule has 0 spiro atoms. The van der Waals surface area contributed by atoms with Crippen molar-refractivity contribution in [2.45, 2.75) is 33.1 Å². The molecule has 0 aliphatic heterocycles. The van der Waals surface area contributed by atoms with Crippen LogP contribution in [-0.2, 0) is 19.9 Å². The molecule has 0 unspecified atom stereocenters. The van der Waals surface area contributed by atoms with E-state index in [0.717, 1.165) is 48.8 Å². The summed E-state index contributed by atoms with van der Waals surface area (Å²) < 4.78 is 1.82. The van der Waals surface area contributed by atoms with Crippen molar-refractivity contribution in [3.05, 3.63) is 29.3 Å². The van der Waals surface area contributed by atoms with Gasteiger partial charge in [0.05, 0.1) is 6.20 Å². The van der Waals surface area contributed by atoms with Gasteiger partial charge in [-0.1, -0.05) is 6.92 Å². The molecule has 6 nitrogen and oxygen atoms in total. The summed E-state index contributed by atoms with van der Waals surface area (Å²) in [4.78, 5) is 9.16. The summed E-state index contributed by atoms with van der Waals surface area (Å²) in [6, 6.07) is 0. The van der Waals surface area contributed by atoms with E-state index in [4.69, 9.17) is 0 Å². The number of hydrogen-bond acceptors (Lipinski definition) is 5. The van der Waals surface area contributed by atoms with Crippen molar-refractivity contribution in [3.8, 4) is 0 Å². The molecule has 21 heavy (non-hydrogen) atoms. The second-order valence-corrected chi connectivity index (χ2v) is 5.16. The molecule has 0 aliphatic rings. The lowest BCUT2D eigenvalue weighted by Crippen LogP contribution is -2.12. The number of hydrogen-bond donors (Lipinski definition) is 2. The summed E-state index contributed by atoms with van der Waals surface area (Å²) in [5, 5.41) is 10.7. The van der Waals surface area contributed by atoms with Crippen LogP contribution in [0.1, 0.15) is 30.3 Å². The molecular formula is C15H24N6. The molecule has 0 saturated carbocycles. The fourth-order valence-electron chi connectivity index (χ4n) is 2.24. The average Bonchev–Trinajstić information content (AvgIpc) is 2.88. The molecule has 2 aromatic rings.